The van der Waals surface area contributed by atoms with E-state index in [1.54, 1.807) is 6.33 Å². The standard InChI is InChI=1S/C18H19FN4OS/c1-22-12-20-21-18(22)25-17-9-8-15(24-17)11-23-10-2-3-16(23)13-4-6-14(19)7-5-13/h4-9,12,16H,2-3,10-11H2,1H3. The van der Waals surface area contributed by atoms with Crippen molar-refractivity contribution >= 4 is 11.8 Å². The third-order valence-electron chi connectivity index (χ3n) is 4.48. The van der Waals surface area contributed by atoms with Gasteiger partial charge in [0, 0.05) is 13.1 Å². The highest BCUT2D eigenvalue weighted by atomic mass is 32.2. The van der Waals surface area contributed by atoms with Gasteiger partial charge in [-0.3, -0.25) is 4.90 Å². The Kier molecular flexibility index (Phi) is 4.59. The largest absolute Gasteiger partial charge is 0.453 e. The lowest BCUT2D eigenvalue weighted by Crippen LogP contribution is -2.22. The van der Waals surface area contributed by atoms with Crippen LogP contribution >= 0.6 is 11.8 Å². The number of hydrogen-bond acceptors (Lipinski definition) is 5. The van der Waals surface area contributed by atoms with Crippen molar-refractivity contribution in [3.8, 4) is 0 Å². The smallest absolute Gasteiger partial charge is 0.198 e. The van der Waals surface area contributed by atoms with Crippen molar-refractivity contribution in [2.24, 2.45) is 7.05 Å². The minimum Gasteiger partial charge on any atom is -0.453 e. The minimum atomic E-state index is -0.190. The number of hydrogen-bond donors (Lipinski definition) is 0. The Morgan fingerprint density at radius 1 is 1.24 bits per heavy atom. The van der Waals surface area contributed by atoms with Crippen molar-refractivity contribution in [1.82, 2.24) is 19.7 Å². The fourth-order valence-electron chi connectivity index (χ4n) is 3.23. The Morgan fingerprint density at radius 3 is 2.84 bits per heavy atom. The van der Waals surface area contributed by atoms with Crippen LogP contribution in [0.5, 0.6) is 0 Å². The van der Waals surface area contributed by atoms with E-state index in [2.05, 4.69) is 15.1 Å². The zero-order valence-corrected chi connectivity index (χ0v) is 14.7. The second kappa shape index (κ2) is 7.01. The molecule has 2 aromatic heterocycles. The Morgan fingerprint density at radius 2 is 2.08 bits per heavy atom. The highest BCUT2D eigenvalue weighted by Crippen LogP contribution is 2.34. The summed E-state index contributed by atoms with van der Waals surface area (Å²) in [6.45, 7) is 1.77. The van der Waals surface area contributed by atoms with Crippen molar-refractivity contribution in [3.05, 3.63) is 59.9 Å². The summed E-state index contributed by atoms with van der Waals surface area (Å²) in [6, 6.07) is 11.1. The Balaban J connectivity index is 1.44. The molecule has 7 heteroatoms. The zero-order chi connectivity index (χ0) is 17.2. The van der Waals surface area contributed by atoms with Crippen molar-refractivity contribution < 1.29 is 8.81 Å². The van der Waals surface area contributed by atoms with Gasteiger partial charge in [0.2, 0.25) is 0 Å². The predicted octanol–water partition coefficient (Wildman–Crippen LogP) is 4.04. The first-order valence-corrected chi connectivity index (χ1v) is 9.11. The maximum Gasteiger partial charge on any atom is 0.198 e. The van der Waals surface area contributed by atoms with E-state index in [1.165, 1.54) is 29.5 Å². The normalized spacial score (nSPS) is 18.1. The molecular formula is C18H19FN4OS. The summed E-state index contributed by atoms with van der Waals surface area (Å²) in [5.74, 6) is 0.739. The van der Waals surface area contributed by atoms with Gasteiger partial charge >= 0.3 is 0 Å². The summed E-state index contributed by atoms with van der Waals surface area (Å²) in [6.07, 6.45) is 3.90. The molecule has 1 aliphatic rings. The van der Waals surface area contributed by atoms with Gasteiger partial charge in [-0.2, -0.15) is 0 Å². The third-order valence-corrected chi connectivity index (χ3v) is 5.45. The van der Waals surface area contributed by atoms with Crippen molar-refractivity contribution in [2.75, 3.05) is 6.54 Å². The molecule has 3 aromatic rings. The van der Waals surface area contributed by atoms with E-state index in [9.17, 15) is 4.39 Å². The second-order valence-electron chi connectivity index (χ2n) is 6.23. The van der Waals surface area contributed by atoms with Crippen LogP contribution in [-0.4, -0.2) is 26.2 Å². The first-order chi connectivity index (χ1) is 12.2. The summed E-state index contributed by atoms with van der Waals surface area (Å²) in [4.78, 5) is 2.39. The number of aromatic nitrogens is 3. The number of nitrogens with zero attached hydrogens (tertiary/aromatic N) is 4. The predicted molar refractivity (Wildman–Crippen MR) is 92.6 cm³/mol. The van der Waals surface area contributed by atoms with Crippen LogP contribution in [0.4, 0.5) is 4.39 Å². The number of aryl methyl sites for hydroxylation is 1. The van der Waals surface area contributed by atoms with Gasteiger partial charge in [-0.1, -0.05) is 12.1 Å². The van der Waals surface area contributed by atoms with Crippen LogP contribution in [0.1, 0.15) is 30.2 Å². The van der Waals surface area contributed by atoms with E-state index in [-0.39, 0.29) is 5.82 Å². The fourth-order valence-corrected chi connectivity index (χ4v) is 3.97. The molecule has 1 atom stereocenters. The summed E-state index contributed by atoms with van der Waals surface area (Å²) < 4.78 is 21.0. The molecule has 3 heterocycles. The number of halogens is 1. The maximum atomic E-state index is 13.2. The quantitative estimate of drug-likeness (QED) is 0.689. The SMILES string of the molecule is Cn1cnnc1Sc1ccc(CN2CCCC2c2ccc(F)cc2)o1. The molecule has 130 valence electrons. The van der Waals surface area contributed by atoms with E-state index in [1.807, 2.05) is 35.9 Å². The molecule has 5 nitrogen and oxygen atoms in total. The van der Waals surface area contributed by atoms with Crippen LogP contribution in [0.3, 0.4) is 0 Å². The van der Waals surface area contributed by atoms with Crippen LogP contribution in [0.15, 0.2) is 57.4 Å². The first kappa shape index (κ1) is 16.4. The van der Waals surface area contributed by atoms with Crippen LogP contribution in [0.2, 0.25) is 0 Å². The lowest BCUT2D eigenvalue weighted by atomic mass is 10.0. The molecule has 1 aliphatic heterocycles. The molecule has 1 saturated heterocycles. The van der Waals surface area contributed by atoms with Gasteiger partial charge in [0.05, 0.1) is 6.54 Å². The number of benzene rings is 1. The lowest BCUT2D eigenvalue weighted by molar-refractivity contribution is 0.222. The van der Waals surface area contributed by atoms with E-state index >= 15 is 0 Å². The van der Waals surface area contributed by atoms with Gasteiger partial charge in [0.15, 0.2) is 10.2 Å². The van der Waals surface area contributed by atoms with Crippen molar-refractivity contribution in [3.63, 3.8) is 0 Å². The molecular weight excluding hydrogens is 339 g/mol. The molecule has 0 bridgehead atoms. The average Bonchev–Trinajstić information content (AvgIpc) is 3.33. The van der Waals surface area contributed by atoms with Crippen molar-refractivity contribution in [1.29, 1.82) is 0 Å². The Bertz CT molecular complexity index is 845. The molecule has 1 unspecified atom stereocenters. The van der Waals surface area contributed by atoms with E-state index in [0.717, 1.165) is 41.9 Å². The molecule has 1 fully saturated rings. The maximum absolute atomic E-state index is 13.2. The molecule has 0 aliphatic carbocycles. The molecule has 4 rings (SSSR count). The third kappa shape index (κ3) is 3.62. The zero-order valence-electron chi connectivity index (χ0n) is 13.9. The van der Waals surface area contributed by atoms with Gasteiger partial charge < -0.3 is 8.98 Å². The topological polar surface area (TPSA) is 47.1 Å². The highest BCUT2D eigenvalue weighted by molar-refractivity contribution is 7.99. The van der Waals surface area contributed by atoms with Gasteiger partial charge in [-0.25, -0.2) is 4.39 Å². The minimum absolute atomic E-state index is 0.190. The highest BCUT2D eigenvalue weighted by Gasteiger charge is 2.26. The van der Waals surface area contributed by atoms with Crippen molar-refractivity contribution in [2.45, 2.75) is 35.7 Å². The number of likely N-dealkylation sites (tertiary alicyclic amines) is 1. The van der Waals surface area contributed by atoms with Gasteiger partial charge in [-0.15, -0.1) is 10.2 Å². The average molecular weight is 358 g/mol. The monoisotopic (exact) mass is 358 g/mol. The second-order valence-corrected chi connectivity index (χ2v) is 7.20. The first-order valence-electron chi connectivity index (χ1n) is 8.29. The summed E-state index contributed by atoms with van der Waals surface area (Å²) >= 11 is 1.46. The number of furan rings is 1. The Labute approximate surface area is 149 Å². The van der Waals surface area contributed by atoms with E-state index in [4.69, 9.17) is 4.42 Å². The van der Waals surface area contributed by atoms with Gasteiger partial charge in [-0.05, 0) is 61.0 Å². The molecule has 0 spiro atoms. The van der Waals surface area contributed by atoms with Crippen LogP contribution < -0.4 is 0 Å². The van der Waals surface area contributed by atoms with Crippen LogP contribution in [-0.2, 0) is 13.6 Å². The lowest BCUT2D eigenvalue weighted by Gasteiger charge is -2.23. The molecule has 0 amide bonds. The van der Waals surface area contributed by atoms with Gasteiger partial charge in [0.1, 0.15) is 17.9 Å². The van der Waals surface area contributed by atoms with Gasteiger partial charge in [0.25, 0.3) is 0 Å². The summed E-state index contributed by atoms with van der Waals surface area (Å²) in [7, 11) is 1.91. The fraction of sp³-hybridized carbons (Fsp3) is 0.333. The molecule has 0 saturated carbocycles. The van der Waals surface area contributed by atoms with E-state index < -0.39 is 0 Å². The van der Waals surface area contributed by atoms with Crippen LogP contribution in [0, 0.1) is 5.82 Å². The molecule has 0 N–H and O–H groups in total. The number of rotatable bonds is 5. The molecule has 1 aromatic carbocycles. The van der Waals surface area contributed by atoms with Crippen LogP contribution in [0.25, 0.3) is 0 Å². The summed E-state index contributed by atoms with van der Waals surface area (Å²) in [5.41, 5.74) is 1.17. The summed E-state index contributed by atoms with van der Waals surface area (Å²) in [5, 5.41) is 9.54. The molecule has 0 radical (unpaired) electrons. The molecule has 25 heavy (non-hydrogen) atoms. The van der Waals surface area contributed by atoms with E-state index in [0.29, 0.717) is 6.04 Å². The Hall–Kier alpha value is -2.12.